The third-order valence-corrected chi connectivity index (χ3v) is 2.27. The van der Waals surface area contributed by atoms with Crippen LogP contribution in [0, 0.1) is 5.92 Å². The molecule has 0 aromatic rings. The summed E-state index contributed by atoms with van der Waals surface area (Å²) < 4.78 is 9.87. The van der Waals surface area contributed by atoms with Gasteiger partial charge in [-0.2, -0.15) is 0 Å². The molecule has 0 aliphatic carbocycles. The van der Waals surface area contributed by atoms with E-state index in [1.807, 2.05) is 13.8 Å². The fraction of sp³-hybridized carbons (Fsp3) is 0.875. The molecule has 1 rings (SSSR count). The van der Waals surface area contributed by atoms with Gasteiger partial charge in [-0.1, -0.05) is 13.8 Å². The van der Waals surface area contributed by atoms with Gasteiger partial charge < -0.3 is 9.47 Å². The van der Waals surface area contributed by atoms with Crippen LogP contribution in [0.4, 0.5) is 4.79 Å². The van der Waals surface area contributed by atoms with Crippen molar-refractivity contribution in [2.45, 2.75) is 37.3 Å². The molecule has 0 spiro atoms. The SMILES string of the molecule is CC(C)C1OC(=O)OC1CC(Cl)Cl. The van der Waals surface area contributed by atoms with Crippen LogP contribution < -0.4 is 0 Å². The van der Waals surface area contributed by atoms with Crippen LogP contribution in [-0.2, 0) is 9.47 Å². The highest BCUT2D eigenvalue weighted by Gasteiger charge is 2.39. The normalized spacial score (nSPS) is 28.0. The zero-order chi connectivity index (χ0) is 10.0. The van der Waals surface area contributed by atoms with Crippen molar-refractivity contribution in [1.82, 2.24) is 0 Å². The van der Waals surface area contributed by atoms with E-state index in [4.69, 9.17) is 32.7 Å². The molecule has 76 valence electrons. The number of hydrogen-bond acceptors (Lipinski definition) is 3. The second kappa shape index (κ2) is 4.38. The number of carbonyl (C=O) groups is 1. The van der Waals surface area contributed by atoms with Crippen molar-refractivity contribution >= 4 is 29.4 Å². The Kier molecular flexibility index (Phi) is 3.68. The molecule has 2 atom stereocenters. The average molecular weight is 227 g/mol. The summed E-state index contributed by atoms with van der Waals surface area (Å²) >= 11 is 11.2. The minimum absolute atomic E-state index is 0.212. The lowest BCUT2D eigenvalue weighted by atomic mass is 10.0. The predicted molar refractivity (Wildman–Crippen MR) is 50.1 cm³/mol. The van der Waals surface area contributed by atoms with Crippen molar-refractivity contribution in [3.63, 3.8) is 0 Å². The molecule has 0 amide bonds. The zero-order valence-corrected chi connectivity index (χ0v) is 9.01. The lowest BCUT2D eigenvalue weighted by molar-refractivity contribution is 0.101. The first-order valence-corrected chi connectivity index (χ1v) is 5.03. The Labute approximate surface area is 87.3 Å². The lowest BCUT2D eigenvalue weighted by Gasteiger charge is -2.18. The third kappa shape index (κ3) is 2.92. The smallest absolute Gasteiger partial charge is 0.427 e. The molecule has 1 saturated heterocycles. The number of alkyl halides is 2. The largest absolute Gasteiger partial charge is 0.509 e. The van der Waals surface area contributed by atoms with Crippen molar-refractivity contribution < 1.29 is 14.3 Å². The van der Waals surface area contributed by atoms with Crippen molar-refractivity contribution in [3.8, 4) is 0 Å². The number of carbonyl (C=O) groups excluding carboxylic acids is 1. The first-order valence-electron chi connectivity index (χ1n) is 4.16. The first-order chi connectivity index (χ1) is 6.00. The molecular weight excluding hydrogens is 215 g/mol. The Balaban J connectivity index is 2.55. The maximum absolute atomic E-state index is 10.8. The Bertz CT molecular complexity index is 194. The molecule has 1 aliphatic heterocycles. The van der Waals surface area contributed by atoms with Crippen LogP contribution in [0.25, 0.3) is 0 Å². The van der Waals surface area contributed by atoms with E-state index in [1.165, 1.54) is 0 Å². The summed E-state index contributed by atoms with van der Waals surface area (Å²) in [5.74, 6) is 0.212. The van der Waals surface area contributed by atoms with Gasteiger partial charge in [0.1, 0.15) is 17.0 Å². The second-order valence-electron chi connectivity index (χ2n) is 3.36. The molecule has 0 aromatic carbocycles. The van der Waals surface area contributed by atoms with Gasteiger partial charge in [0.05, 0.1) is 0 Å². The van der Waals surface area contributed by atoms with Crippen LogP contribution in [-0.4, -0.2) is 23.2 Å². The Morgan fingerprint density at radius 2 is 2.00 bits per heavy atom. The molecule has 1 fully saturated rings. The topological polar surface area (TPSA) is 35.5 Å². The van der Waals surface area contributed by atoms with Crippen LogP contribution in [0.5, 0.6) is 0 Å². The van der Waals surface area contributed by atoms with E-state index in [0.29, 0.717) is 6.42 Å². The number of halogens is 2. The van der Waals surface area contributed by atoms with Gasteiger partial charge in [0, 0.05) is 6.42 Å². The highest BCUT2D eigenvalue weighted by molar-refractivity contribution is 6.44. The molecule has 0 radical (unpaired) electrons. The van der Waals surface area contributed by atoms with Gasteiger partial charge in [0.25, 0.3) is 0 Å². The zero-order valence-electron chi connectivity index (χ0n) is 7.50. The standard InChI is InChI=1S/C8H12Cl2O3/c1-4(2)7-5(3-6(9)10)12-8(11)13-7/h4-7H,3H2,1-2H3. The maximum Gasteiger partial charge on any atom is 0.509 e. The Morgan fingerprint density at radius 1 is 1.38 bits per heavy atom. The van der Waals surface area contributed by atoms with Gasteiger partial charge in [-0.25, -0.2) is 4.79 Å². The van der Waals surface area contributed by atoms with E-state index >= 15 is 0 Å². The highest BCUT2D eigenvalue weighted by atomic mass is 35.5. The van der Waals surface area contributed by atoms with E-state index in [2.05, 4.69) is 0 Å². The summed E-state index contributed by atoms with van der Waals surface area (Å²) in [6, 6.07) is 0. The summed E-state index contributed by atoms with van der Waals surface area (Å²) in [6.07, 6.45) is -0.754. The van der Waals surface area contributed by atoms with E-state index in [0.717, 1.165) is 0 Å². The Hall–Kier alpha value is -0.150. The van der Waals surface area contributed by atoms with Gasteiger partial charge in [-0.05, 0) is 5.92 Å². The number of ether oxygens (including phenoxy) is 2. The molecule has 3 nitrogen and oxygen atoms in total. The molecule has 0 N–H and O–H groups in total. The van der Waals surface area contributed by atoms with Crippen LogP contribution in [0.15, 0.2) is 0 Å². The van der Waals surface area contributed by atoms with Gasteiger partial charge in [0.2, 0.25) is 0 Å². The van der Waals surface area contributed by atoms with Crippen molar-refractivity contribution in [1.29, 1.82) is 0 Å². The lowest BCUT2D eigenvalue weighted by Crippen LogP contribution is -2.29. The quantitative estimate of drug-likeness (QED) is 0.549. The fourth-order valence-electron chi connectivity index (χ4n) is 1.33. The van der Waals surface area contributed by atoms with Gasteiger partial charge in [0.15, 0.2) is 0 Å². The first kappa shape index (κ1) is 10.9. The Morgan fingerprint density at radius 3 is 2.46 bits per heavy atom. The number of hydrogen-bond donors (Lipinski definition) is 0. The van der Waals surface area contributed by atoms with Crippen LogP contribution in [0.3, 0.4) is 0 Å². The molecule has 5 heteroatoms. The second-order valence-corrected chi connectivity index (χ2v) is 4.64. The summed E-state index contributed by atoms with van der Waals surface area (Å²) in [4.78, 5) is 10.3. The molecule has 2 unspecified atom stereocenters. The number of cyclic esters (lactones) is 2. The molecule has 1 aliphatic rings. The summed E-state index contributed by atoms with van der Waals surface area (Å²) in [7, 11) is 0. The molecule has 0 bridgehead atoms. The molecule has 0 aromatic heterocycles. The third-order valence-electron chi connectivity index (χ3n) is 1.91. The minimum Gasteiger partial charge on any atom is -0.427 e. The predicted octanol–water partition coefficient (Wildman–Crippen LogP) is 2.74. The van der Waals surface area contributed by atoms with Crippen molar-refractivity contribution in [2.75, 3.05) is 0 Å². The minimum atomic E-state index is -0.627. The van der Waals surface area contributed by atoms with E-state index in [1.54, 1.807) is 0 Å². The average Bonchev–Trinajstić information content (AvgIpc) is 2.29. The summed E-state index contributed by atoms with van der Waals surface area (Å²) in [5.41, 5.74) is 0. The maximum atomic E-state index is 10.8. The summed E-state index contributed by atoms with van der Waals surface area (Å²) in [6.45, 7) is 3.91. The van der Waals surface area contributed by atoms with Gasteiger partial charge in [-0.15, -0.1) is 23.2 Å². The highest BCUT2D eigenvalue weighted by Crippen LogP contribution is 2.27. The molecule has 0 saturated carbocycles. The molecule has 13 heavy (non-hydrogen) atoms. The van der Waals surface area contributed by atoms with E-state index < -0.39 is 11.0 Å². The summed E-state index contributed by atoms with van der Waals surface area (Å²) in [5, 5.41) is 0. The van der Waals surface area contributed by atoms with Gasteiger partial charge >= 0.3 is 6.16 Å². The molecule has 1 heterocycles. The van der Waals surface area contributed by atoms with Crippen LogP contribution >= 0.6 is 23.2 Å². The number of rotatable bonds is 3. The molecular formula is C8H12Cl2O3. The fourth-order valence-corrected chi connectivity index (χ4v) is 1.68. The van der Waals surface area contributed by atoms with E-state index in [9.17, 15) is 4.79 Å². The van der Waals surface area contributed by atoms with Crippen LogP contribution in [0.1, 0.15) is 20.3 Å². The van der Waals surface area contributed by atoms with Crippen molar-refractivity contribution in [3.05, 3.63) is 0 Å². The van der Waals surface area contributed by atoms with E-state index in [-0.39, 0.29) is 18.1 Å². The van der Waals surface area contributed by atoms with Crippen LogP contribution in [0.2, 0.25) is 0 Å². The van der Waals surface area contributed by atoms with Crippen molar-refractivity contribution in [2.24, 2.45) is 5.92 Å². The van der Waals surface area contributed by atoms with Gasteiger partial charge in [-0.3, -0.25) is 0 Å². The monoisotopic (exact) mass is 226 g/mol.